The molecule has 0 bridgehead atoms. The fraction of sp³-hybridized carbons (Fsp3) is 0.364. The predicted octanol–water partition coefficient (Wildman–Crippen LogP) is 5.07. The van der Waals surface area contributed by atoms with Gasteiger partial charge in [0.1, 0.15) is 0 Å². The summed E-state index contributed by atoms with van der Waals surface area (Å²) in [7, 11) is 0. The monoisotopic (exact) mass is 416 g/mol. The lowest BCUT2D eigenvalue weighted by Crippen LogP contribution is -2.30. The SMILES string of the molecule is O=C(CCn1cnc2ccccc21)Nc1cc(C(F)(F)F)ccc1N1CCCCC1. The lowest BCUT2D eigenvalue weighted by atomic mass is 10.1. The van der Waals surface area contributed by atoms with E-state index in [0.717, 1.165) is 55.5 Å². The smallest absolute Gasteiger partial charge is 0.370 e. The maximum Gasteiger partial charge on any atom is 0.416 e. The molecule has 0 aliphatic carbocycles. The Kier molecular flexibility index (Phi) is 5.65. The number of nitrogens with zero attached hydrogens (tertiary/aromatic N) is 3. The first-order valence-corrected chi connectivity index (χ1v) is 10.1. The number of rotatable bonds is 5. The lowest BCUT2D eigenvalue weighted by molar-refractivity contribution is -0.137. The lowest BCUT2D eigenvalue weighted by Gasteiger charge is -2.31. The summed E-state index contributed by atoms with van der Waals surface area (Å²) in [6.07, 6.45) is 0.426. The third-order valence-electron chi connectivity index (χ3n) is 5.40. The fourth-order valence-corrected chi connectivity index (χ4v) is 3.85. The van der Waals surface area contributed by atoms with E-state index < -0.39 is 11.7 Å². The van der Waals surface area contributed by atoms with Gasteiger partial charge in [-0.25, -0.2) is 4.98 Å². The van der Waals surface area contributed by atoms with Crippen molar-refractivity contribution in [3.05, 3.63) is 54.4 Å². The van der Waals surface area contributed by atoms with Crippen molar-refractivity contribution in [2.45, 2.75) is 38.4 Å². The molecule has 2 aromatic carbocycles. The molecule has 0 unspecified atom stereocenters. The van der Waals surface area contributed by atoms with E-state index in [1.54, 1.807) is 6.33 Å². The Labute approximate surface area is 172 Å². The van der Waals surface area contributed by atoms with Crippen molar-refractivity contribution in [3.8, 4) is 0 Å². The Balaban J connectivity index is 1.51. The summed E-state index contributed by atoms with van der Waals surface area (Å²) >= 11 is 0. The Hall–Kier alpha value is -3.03. The average molecular weight is 416 g/mol. The number of para-hydroxylation sites is 2. The van der Waals surface area contributed by atoms with Gasteiger partial charge in [0.2, 0.25) is 5.91 Å². The zero-order valence-electron chi connectivity index (χ0n) is 16.5. The van der Waals surface area contributed by atoms with E-state index in [9.17, 15) is 18.0 Å². The normalized spacial score (nSPS) is 14.8. The highest BCUT2D eigenvalue weighted by Crippen LogP contribution is 2.36. The molecule has 30 heavy (non-hydrogen) atoms. The van der Waals surface area contributed by atoms with Gasteiger partial charge in [0, 0.05) is 26.1 Å². The number of anilines is 2. The average Bonchev–Trinajstić information content (AvgIpc) is 3.15. The van der Waals surface area contributed by atoms with Crippen LogP contribution in [0.2, 0.25) is 0 Å². The van der Waals surface area contributed by atoms with Crippen molar-refractivity contribution in [2.75, 3.05) is 23.3 Å². The van der Waals surface area contributed by atoms with Gasteiger partial charge in [0.05, 0.1) is 34.3 Å². The van der Waals surface area contributed by atoms with Crippen LogP contribution in [0.1, 0.15) is 31.2 Å². The van der Waals surface area contributed by atoms with Crippen molar-refractivity contribution in [1.82, 2.24) is 9.55 Å². The van der Waals surface area contributed by atoms with Gasteiger partial charge in [-0.15, -0.1) is 0 Å². The van der Waals surface area contributed by atoms with Gasteiger partial charge in [-0.05, 0) is 49.6 Å². The van der Waals surface area contributed by atoms with Crippen LogP contribution < -0.4 is 10.2 Å². The van der Waals surface area contributed by atoms with Crippen LogP contribution >= 0.6 is 0 Å². The van der Waals surface area contributed by atoms with Crippen molar-refractivity contribution < 1.29 is 18.0 Å². The molecule has 3 aromatic rings. The molecule has 1 saturated heterocycles. The maximum absolute atomic E-state index is 13.2. The fourth-order valence-electron chi connectivity index (χ4n) is 3.85. The minimum absolute atomic E-state index is 0.135. The summed E-state index contributed by atoms with van der Waals surface area (Å²) in [5.74, 6) is -0.328. The van der Waals surface area contributed by atoms with Gasteiger partial charge in [-0.2, -0.15) is 13.2 Å². The van der Waals surface area contributed by atoms with Gasteiger partial charge in [-0.3, -0.25) is 4.79 Å². The van der Waals surface area contributed by atoms with Gasteiger partial charge >= 0.3 is 6.18 Å². The van der Waals surface area contributed by atoms with Crippen LogP contribution in [0.3, 0.4) is 0 Å². The number of piperidine rings is 1. The van der Waals surface area contributed by atoms with E-state index >= 15 is 0 Å². The molecule has 0 atom stereocenters. The molecule has 1 aromatic heterocycles. The number of halogens is 3. The molecule has 0 spiro atoms. The van der Waals surface area contributed by atoms with E-state index in [1.165, 1.54) is 6.07 Å². The van der Waals surface area contributed by atoms with E-state index in [2.05, 4.69) is 10.3 Å². The zero-order valence-corrected chi connectivity index (χ0v) is 16.5. The minimum atomic E-state index is -4.46. The summed E-state index contributed by atoms with van der Waals surface area (Å²) in [4.78, 5) is 18.9. The highest BCUT2D eigenvalue weighted by Gasteiger charge is 2.31. The zero-order chi connectivity index (χ0) is 21.1. The number of alkyl halides is 3. The van der Waals surface area contributed by atoms with E-state index in [0.29, 0.717) is 12.2 Å². The van der Waals surface area contributed by atoms with Gasteiger partial charge in [0.25, 0.3) is 0 Å². The summed E-state index contributed by atoms with van der Waals surface area (Å²) in [6.45, 7) is 1.94. The van der Waals surface area contributed by atoms with Gasteiger partial charge < -0.3 is 14.8 Å². The third-order valence-corrected chi connectivity index (χ3v) is 5.40. The molecule has 0 radical (unpaired) electrons. The Morgan fingerprint density at radius 2 is 1.83 bits per heavy atom. The second-order valence-corrected chi connectivity index (χ2v) is 7.50. The number of imidazole rings is 1. The first kappa shape index (κ1) is 20.3. The second kappa shape index (κ2) is 8.38. The van der Waals surface area contributed by atoms with E-state index in [-0.39, 0.29) is 18.0 Å². The molecule has 0 saturated carbocycles. The number of fused-ring (bicyclic) bond motifs is 1. The maximum atomic E-state index is 13.2. The summed E-state index contributed by atoms with van der Waals surface area (Å²) in [6, 6.07) is 11.2. The summed E-state index contributed by atoms with van der Waals surface area (Å²) in [5, 5.41) is 2.72. The molecule has 2 heterocycles. The van der Waals surface area contributed by atoms with Crippen LogP contribution in [0.5, 0.6) is 0 Å². The van der Waals surface area contributed by atoms with Crippen LogP contribution in [-0.2, 0) is 17.5 Å². The van der Waals surface area contributed by atoms with Gasteiger partial charge in [-0.1, -0.05) is 12.1 Å². The number of hydrogen-bond acceptors (Lipinski definition) is 3. The van der Waals surface area contributed by atoms with Crippen molar-refractivity contribution >= 4 is 28.3 Å². The molecule has 1 aliphatic heterocycles. The number of aromatic nitrogens is 2. The predicted molar refractivity (Wildman–Crippen MR) is 110 cm³/mol. The first-order valence-electron chi connectivity index (χ1n) is 10.1. The number of benzene rings is 2. The second-order valence-electron chi connectivity index (χ2n) is 7.50. The van der Waals surface area contributed by atoms with E-state index in [1.807, 2.05) is 33.7 Å². The highest BCUT2D eigenvalue weighted by molar-refractivity contribution is 5.94. The molecule has 1 fully saturated rings. The van der Waals surface area contributed by atoms with Crippen LogP contribution in [0.15, 0.2) is 48.8 Å². The first-order chi connectivity index (χ1) is 14.4. The van der Waals surface area contributed by atoms with Crippen LogP contribution in [0.25, 0.3) is 11.0 Å². The molecule has 1 aliphatic rings. The number of hydrogen-bond donors (Lipinski definition) is 1. The minimum Gasteiger partial charge on any atom is -0.370 e. The summed E-state index contributed by atoms with van der Waals surface area (Å²) < 4.78 is 41.5. The molecule has 4 rings (SSSR count). The molecular weight excluding hydrogens is 393 g/mol. The third kappa shape index (κ3) is 4.42. The Morgan fingerprint density at radius 1 is 1.07 bits per heavy atom. The van der Waals surface area contributed by atoms with Crippen molar-refractivity contribution in [1.29, 1.82) is 0 Å². The Bertz CT molecular complexity index is 1040. The van der Waals surface area contributed by atoms with E-state index in [4.69, 9.17) is 0 Å². The molecule has 1 N–H and O–H groups in total. The number of amides is 1. The van der Waals surface area contributed by atoms with Crippen LogP contribution in [0, 0.1) is 0 Å². The standard InChI is InChI=1S/C22H23F3N4O/c23-22(24,25)16-8-9-20(28-11-4-1-5-12-28)18(14-16)27-21(30)10-13-29-15-26-17-6-2-3-7-19(17)29/h2-3,6-9,14-15H,1,4-5,10-13H2,(H,27,30). The summed E-state index contributed by atoms with van der Waals surface area (Å²) in [5.41, 5.74) is 1.84. The quantitative estimate of drug-likeness (QED) is 0.632. The topological polar surface area (TPSA) is 50.2 Å². The number of aryl methyl sites for hydroxylation is 1. The van der Waals surface area contributed by atoms with Crippen LogP contribution in [-0.4, -0.2) is 28.5 Å². The van der Waals surface area contributed by atoms with Crippen molar-refractivity contribution in [3.63, 3.8) is 0 Å². The molecular formula is C22H23F3N4O. The highest BCUT2D eigenvalue weighted by atomic mass is 19.4. The molecule has 8 heteroatoms. The van der Waals surface area contributed by atoms with Crippen LogP contribution in [0.4, 0.5) is 24.5 Å². The van der Waals surface area contributed by atoms with Gasteiger partial charge in [0.15, 0.2) is 0 Å². The Morgan fingerprint density at radius 3 is 2.60 bits per heavy atom. The molecule has 158 valence electrons. The number of nitrogens with one attached hydrogen (secondary N) is 1. The molecule has 5 nitrogen and oxygen atoms in total. The molecule has 1 amide bonds. The largest absolute Gasteiger partial charge is 0.416 e. The van der Waals surface area contributed by atoms with Crippen molar-refractivity contribution in [2.24, 2.45) is 0 Å². The number of carbonyl (C=O) groups is 1. The number of carbonyl (C=O) groups excluding carboxylic acids is 1.